The molecule has 1 aliphatic heterocycles. The average molecular weight is 546 g/mol. The van der Waals surface area contributed by atoms with E-state index in [-0.39, 0.29) is 35.8 Å². The largest absolute Gasteiger partial charge is 0.573 e. The van der Waals surface area contributed by atoms with Gasteiger partial charge in [0, 0.05) is 48.5 Å². The van der Waals surface area contributed by atoms with Gasteiger partial charge in [-0.1, -0.05) is 0 Å². The predicted octanol–water partition coefficient (Wildman–Crippen LogP) is 4.32. The van der Waals surface area contributed by atoms with Crippen LogP contribution in [-0.4, -0.2) is 43.4 Å². The maximum Gasteiger partial charge on any atom is 0.573 e. The molecule has 0 bridgehead atoms. The van der Waals surface area contributed by atoms with E-state index in [1.807, 2.05) is 6.07 Å². The van der Waals surface area contributed by atoms with Crippen LogP contribution in [0.4, 0.5) is 27.8 Å². The molecule has 1 unspecified atom stereocenters. The van der Waals surface area contributed by atoms with Gasteiger partial charge in [-0.05, 0) is 36.4 Å². The van der Waals surface area contributed by atoms with Gasteiger partial charge in [0.25, 0.3) is 5.91 Å². The van der Waals surface area contributed by atoms with Gasteiger partial charge in [0.1, 0.15) is 29.2 Å². The number of nitrogens with zero attached hydrogens (tertiary/aromatic N) is 3. The molecule has 0 saturated carbocycles. The van der Waals surface area contributed by atoms with E-state index in [2.05, 4.69) is 15.0 Å². The van der Waals surface area contributed by atoms with Crippen molar-refractivity contribution >= 4 is 17.6 Å². The zero-order chi connectivity index (χ0) is 28.3. The molecule has 39 heavy (non-hydrogen) atoms. The van der Waals surface area contributed by atoms with E-state index in [1.165, 1.54) is 25.4 Å². The number of nitrogens with one attached hydrogen (secondary N) is 1. The highest BCUT2D eigenvalue weighted by molar-refractivity contribution is 6.00. The number of rotatable bonds is 7. The number of benzene rings is 2. The number of methoxy groups -OCH3 is 1. The quantitative estimate of drug-likeness (QED) is 0.443. The van der Waals surface area contributed by atoms with Crippen LogP contribution < -0.4 is 19.7 Å². The van der Waals surface area contributed by atoms with Gasteiger partial charge in [-0.15, -0.1) is 13.2 Å². The molecule has 4 rings (SSSR count). The van der Waals surface area contributed by atoms with Gasteiger partial charge in [-0.3, -0.25) is 14.5 Å². The van der Waals surface area contributed by atoms with E-state index in [4.69, 9.17) is 4.74 Å². The first-order valence-corrected chi connectivity index (χ1v) is 11.4. The number of carbonyl (C=O) groups excluding carboxylic acids is 2. The first-order chi connectivity index (χ1) is 18.5. The molecular weight excluding hydrogens is 527 g/mol. The number of nitriles is 1. The van der Waals surface area contributed by atoms with Crippen LogP contribution in [0.2, 0.25) is 0 Å². The third-order valence-corrected chi connectivity index (χ3v) is 6.10. The zero-order valence-electron chi connectivity index (χ0n) is 20.1. The minimum absolute atomic E-state index is 0.00147. The molecule has 2 amide bonds. The standard InChI is InChI=1S/C26H19F5N4O4/c1-38-17-9-20(27)22(21(28)10-17)19-13-35(23-15(11-32)3-2-8-33-23)25(37)18(19)12-34-24(36)14-4-6-16(7-5-14)39-26(29,30)31/h2-10,18-19H,12-13H2,1H3,(H,34,36)/t18?,19-/m1/s1. The summed E-state index contributed by atoms with van der Waals surface area (Å²) in [5, 5.41) is 12.0. The van der Waals surface area contributed by atoms with Crippen molar-refractivity contribution in [2.75, 3.05) is 25.1 Å². The fourth-order valence-electron chi connectivity index (χ4n) is 4.34. The maximum absolute atomic E-state index is 15.0. The van der Waals surface area contributed by atoms with Gasteiger partial charge in [0.15, 0.2) is 5.82 Å². The van der Waals surface area contributed by atoms with E-state index in [0.29, 0.717) is 0 Å². The maximum atomic E-state index is 15.0. The smallest absolute Gasteiger partial charge is 0.497 e. The van der Waals surface area contributed by atoms with E-state index >= 15 is 8.78 Å². The average Bonchev–Trinajstić information content (AvgIpc) is 3.21. The highest BCUT2D eigenvalue weighted by atomic mass is 19.4. The normalized spacial score (nSPS) is 17.1. The van der Waals surface area contributed by atoms with Crippen LogP contribution in [0.15, 0.2) is 54.7 Å². The number of hydrogen-bond acceptors (Lipinski definition) is 6. The van der Waals surface area contributed by atoms with E-state index in [1.54, 1.807) is 0 Å². The molecule has 2 heterocycles. The molecule has 2 atom stereocenters. The monoisotopic (exact) mass is 546 g/mol. The summed E-state index contributed by atoms with van der Waals surface area (Å²) in [7, 11) is 1.24. The summed E-state index contributed by atoms with van der Waals surface area (Å²) in [5.41, 5.74) is -0.387. The topological polar surface area (TPSA) is 105 Å². The Morgan fingerprint density at radius 3 is 2.41 bits per heavy atom. The SMILES string of the molecule is COc1cc(F)c([C@@H]2CN(c3ncccc3C#N)C(=O)C2CNC(=O)c2ccc(OC(F)(F)F)cc2)c(F)c1. The number of carbonyl (C=O) groups is 2. The van der Waals surface area contributed by atoms with Crippen molar-refractivity contribution in [3.05, 3.63) is 83.1 Å². The number of anilines is 1. The van der Waals surface area contributed by atoms with Gasteiger partial charge in [0.2, 0.25) is 5.91 Å². The second kappa shape index (κ2) is 10.9. The third kappa shape index (κ3) is 5.90. The molecule has 13 heteroatoms. The van der Waals surface area contributed by atoms with Crippen LogP contribution in [0.5, 0.6) is 11.5 Å². The number of amides is 2. The Morgan fingerprint density at radius 2 is 1.82 bits per heavy atom. The van der Waals surface area contributed by atoms with Crippen LogP contribution in [0, 0.1) is 28.9 Å². The molecule has 1 aromatic heterocycles. The Balaban J connectivity index is 1.62. The van der Waals surface area contributed by atoms with Crippen molar-refractivity contribution < 1.29 is 41.0 Å². The van der Waals surface area contributed by atoms with Crippen molar-refractivity contribution in [1.82, 2.24) is 10.3 Å². The Morgan fingerprint density at radius 1 is 1.15 bits per heavy atom. The van der Waals surface area contributed by atoms with Gasteiger partial charge in [-0.25, -0.2) is 13.8 Å². The van der Waals surface area contributed by atoms with Gasteiger partial charge in [-0.2, -0.15) is 5.26 Å². The summed E-state index contributed by atoms with van der Waals surface area (Å²) in [4.78, 5) is 31.4. The third-order valence-electron chi connectivity index (χ3n) is 6.10. The Labute approximate surface area is 218 Å². The van der Waals surface area contributed by atoms with Crippen molar-refractivity contribution in [3.63, 3.8) is 0 Å². The minimum atomic E-state index is -4.90. The summed E-state index contributed by atoms with van der Waals surface area (Å²) >= 11 is 0. The van der Waals surface area contributed by atoms with Crippen LogP contribution >= 0.6 is 0 Å². The van der Waals surface area contributed by atoms with Crippen LogP contribution in [-0.2, 0) is 4.79 Å². The summed E-state index contributed by atoms with van der Waals surface area (Å²) < 4.78 is 75.9. The van der Waals surface area contributed by atoms with E-state index < -0.39 is 53.0 Å². The molecule has 8 nitrogen and oxygen atoms in total. The van der Waals surface area contributed by atoms with Gasteiger partial charge >= 0.3 is 6.36 Å². The molecule has 2 aromatic carbocycles. The lowest BCUT2D eigenvalue weighted by Gasteiger charge is -2.19. The number of aromatic nitrogens is 1. The summed E-state index contributed by atoms with van der Waals surface area (Å²) in [6.45, 7) is -0.617. The fourth-order valence-corrected chi connectivity index (χ4v) is 4.34. The molecule has 0 aliphatic carbocycles. The second-order valence-corrected chi connectivity index (χ2v) is 8.44. The molecule has 1 N–H and O–H groups in total. The number of halogens is 5. The number of ether oxygens (including phenoxy) is 2. The first-order valence-electron chi connectivity index (χ1n) is 11.4. The fraction of sp³-hybridized carbons (Fsp3) is 0.231. The van der Waals surface area contributed by atoms with Crippen LogP contribution in [0.25, 0.3) is 0 Å². The highest BCUT2D eigenvalue weighted by Gasteiger charge is 2.45. The molecule has 0 radical (unpaired) electrons. The summed E-state index contributed by atoms with van der Waals surface area (Å²) in [6, 6.07) is 10.8. The van der Waals surface area contributed by atoms with Gasteiger partial charge in [0.05, 0.1) is 18.6 Å². The number of pyridine rings is 1. The molecule has 1 fully saturated rings. The second-order valence-electron chi connectivity index (χ2n) is 8.44. The zero-order valence-corrected chi connectivity index (χ0v) is 20.1. The Hall–Kier alpha value is -4.73. The lowest BCUT2D eigenvalue weighted by Crippen LogP contribution is -2.36. The lowest BCUT2D eigenvalue weighted by atomic mass is 9.87. The lowest BCUT2D eigenvalue weighted by molar-refractivity contribution is -0.274. The molecule has 0 spiro atoms. The van der Waals surface area contributed by atoms with Crippen molar-refractivity contribution in [2.24, 2.45) is 5.92 Å². The Kier molecular flexibility index (Phi) is 7.66. The predicted molar refractivity (Wildman–Crippen MR) is 126 cm³/mol. The van der Waals surface area contributed by atoms with Crippen molar-refractivity contribution in [3.8, 4) is 17.6 Å². The van der Waals surface area contributed by atoms with E-state index in [0.717, 1.165) is 41.3 Å². The molecule has 1 saturated heterocycles. The van der Waals surface area contributed by atoms with Crippen molar-refractivity contribution in [1.29, 1.82) is 5.26 Å². The van der Waals surface area contributed by atoms with Crippen LogP contribution in [0.1, 0.15) is 27.4 Å². The van der Waals surface area contributed by atoms with Crippen molar-refractivity contribution in [2.45, 2.75) is 12.3 Å². The molecular formula is C26H19F5N4O4. The Bertz CT molecular complexity index is 1420. The van der Waals surface area contributed by atoms with E-state index in [9.17, 15) is 28.0 Å². The number of alkyl halides is 3. The highest BCUT2D eigenvalue weighted by Crippen LogP contribution is 2.39. The molecule has 3 aromatic rings. The summed E-state index contributed by atoms with van der Waals surface area (Å²) in [5.74, 6) is -6.20. The molecule has 202 valence electrons. The first kappa shape index (κ1) is 27.3. The minimum Gasteiger partial charge on any atom is -0.497 e. The molecule has 1 aliphatic rings. The van der Waals surface area contributed by atoms with Gasteiger partial charge < -0.3 is 14.8 Å². The van der Waals surface area contributed by atoms with Crippen LogP contribution in [0.3, 0.4) is 0 Å². The number of hydrogen-bond donors (Lipinski definition) is 1. The summed E-state index contributed by atoms with van der Waals surface area (Å²) in [6.07, 6.45) is -3.55.